The van der Waals surface area contributed by atoms with E-state index in [1.54, 1.807) is 23.1 Å². The van der Waals surface area contributed by atoms with Gasteiger partial charge in [-0.2, -0.15) is 0 Å². The second-order valence-corrected chi connectivity index (χ2v) is 8.47. The van der Waals surface area contributed by atoms with Crippen LogP contribution in [-0.4, -0.2) is 56.2 Å². The number of sulfonamides is 1. The van der Waals surface area contributed by atoms with E-state index in [9.17, 15) is 23.1 Å². The molecule has 1 amide bonds. The Hall–Kier alpha value is -2.09. The number of benzene rings is 1. The van der Waals surface area contributed by atoms with Crippen molar-refractivity contribution in [2.24, 2.45) is 11.8 Å². The Labute approximate surface area is 140 Å². The van der Waals surface area contributed by atoms with Gasteiger partial charge in [-0.1, -0.05) is 6.92 Å². The van der Waals surface area contributed by atoms with Gasteiger partial charge in [0.05, 0.1) is 17.9 Å². The molecule has 0 bridgehead atoms. The van der Waals surface area contributed by atoms with E-state index < -0.39 is 21.9 Å². The van der Waals surface area contributed by atoms with Crippen LogP contribution in [0.2, 0.25) is 0 Å². The zero-order valence-corrected chi connectivity index (χ0v) is 14.4. The van der Waals surface area contributed by atoms with E-state index in [4.69, 9.17) is 0 Å². The Kier molecular flexibility index (Phi) is 4.03. The first-order valence-corrected chi connectivity index (χ1v) is 9.66. The van der Waals surface area contributed by atoms with Crippen molar-refractivity contribution in [1.82, 2.24) is 4.90 Å². The van der Waals surface area contributed by atoms with Crippen LogP contribution < -0.4 is 4.31 Å². The van der Waals surface area contributed by atoms with Crippen molar-refractivity contribution in [2.75, 3.05) is 30.2 Å². The number of hydrogen-bond donors (Lipinski definition) is 1. The van der Waals surface area contributed by atoms with Crippen LogP contribution in [0.3, 0.4) is 0 Å². The fourth-order valence-electron chi connectivity index (χ4n) is 3.49. The van der Waals surface area contributed by atoms with Crippen molar-refractivity contribution < 1.29 is 23.1 Å². The Balaban J connectivity index is 1.82. The maximum absolute atomic E-state index is 12.6. The minimum Gasteiger partial charge on any atom is -0.481 e. The summed E-state index contributed by atoms with van der Waals surface area (Å²) in [4.78, 5) is 25.4. The molecule has 1 saturated heterocycles. The third-order valence-corrected chi connectivity index (χ3v) is 5.98. The van der Waals surface area contributed by atoms with Crippen LogP contribution in [-0.2, 0) is 21.2 Å². The molecule has 1 fully saturated rings. The summed E-state index contributed by atoms with van der Waals surface area (Å²) in [6.45, 7) is 2.84. The summed E-state index contributed by atoms with van der Waals surface area (Å²) in [5.74, 6) is -1.70. The molecule has 1 N–H and O–H groups in total. The van der Waals surface area contributed by atoms with Crippen LogP contribution in [0.15, 0.2) is 18.2 Å². The van der Waals surface area contributed by atoms with Gasteiger partial charge in [0.25, 0.3) is 5.91 Å². The Morgan fingerprint density at radius 1 is 1.25 bits per heavy atom. The normalized spacial score (nSPS) is 23.4. The van der Waals surface area contributed by atoms with Crippen molar-refractivity contribution in [1.29, 1.82) is 0 Å². The Morgan fingerprint density at radius 3 is 2.54 bits per heavy atom. The van der Waals surface area contributed by atoms with Gasteiger partial charge in [-0.05, 0) is 36.1 Å². The molecule has 0 unspecified atom stereocenters. The first-order chi connectivity index (χ1) is 11.2. The maximum Gasteiger partial charge on any atom is 0.308 e. The van der Waals surface area contributed by atoms with Gasteiger partial charge in [0.2, 0.25) is 10.0 Å². The first-order valence-electron chi connectivity index (χ1n) is 7.81. The van der Waals surface area contributed by atoms with Gasteiger partial charge in [-0.15, -0.1) is 0 Å². The Bertz CT molecular complexity index is 805. The zero-order valence-electron chi connectivity index (χ0n) is 13.6. The summed E-state index contributed by atoms with van der Waals surface area (Å²) in [5, 5.41) is 9.19. The summed E-state index contributed by atoms with van der Waals surface area (Å²) < 4.78 is 24.9. The number of carboxylic acid groups (broad SMARTS) is 1. The molecule has 7 nitrogen and oxygen atoms in total. The van der Waals surface area contributed by atoms with Gasteiger partial charge in [0, 0.05) is 25.2 Å². The molecule has 2 aliphatic heterocycles. The van der Waals surface area contributed by atoms with Crippen molar-refractivity contribution in [3.05, 3.63) is 29.3 Å². The average Bonchev–Trinajstić information content (AvgIpc) is 3.08. The molecule has 0 saturated carbocycles. The molecule has 8 heteroatoms. The molecular formula is C16H20N2O5S. The molecule has 24 heavy (non-hydrogen) atoms. The van der Waals surface area contributed by atoms with E-state index in [1.165, 1.54) is 10.6 Å². The van der Waals surface area contributed by atoms with Gasteiger partial charge >= 0.3 is 5.97 Å². The molecule has 1 aromatic rings. The van der Waals surface area contributed by atoms with Crippen molar-refractivity contribution in [3.8, 4) is 0 Å². The number of carbonyl (C=O) groups is 2. The highest BCUT2D eigenvalue weighted by molar-refractivity contribution is 7.92. The molecular weight excluding hydrogens is 332 g/mol. The number of nitrogens with zero attached hydrogens (tertiary/aromatic N) is 2. The smallest absolute Gasteiger partial charge is 0.308 e. The van der Waals surface area contributed by atoms with Crippen LogP contribution in [0.25, 0.3) is 0 Å². The molecule has 2 heterocycles. The van der Waals surface area contributed by atoms with E-state index in [1.807, 2.05) is 6.92 Å². The number of carbonyl (C=O) groups excluding carboxylic acids is 1. The van der Waals surface area contributed by atoms with Gasteiger partial charge in [0.15, 0.2) is 0 Å². The molecule has 2 aliphatic rings. The third-order valence-electron chi connectivity index (χ3n) is 4.80. The lowest BCUT2D eigenvalue weighted by molar-refractivity contribution is -0.142. The Morgan fingerprint density at radius 2 is 1.96 bits per heavy atom. The van der Waals surface area contributed by atoms with Crippen LogP contribution in [0.5, 0.6) is 0 Å². The molecule has 1 aromatic carbocycles. The largest absolute Gasteiger partial charge is 0.481 e. The number of hydrogen-bond acceptors (Lipinski definition) is 4. The first kappa shape index (κ1) is 16.8. The predicted molar refractivity (Wildman–Crippen MR) is 88.5 cm³/mol. The highest BCUT2D eigenvalue weighted by Crippen LogP contribution is 2.32. The molecule has 130 valence electrons. The fraction of sp³-hybridized carbons (Fsp3) is 0.500. The monoisotopic (exact) mass is 352 g/mol. The third kappa shape index (κ3) is 2.86. The second kappa shape index (κ2) is 5.77. The lowest BCUT2D eigenvalue weighted by Crippen LogP contribution is -2.30. The van der Waals surface area contributed by atoms with Crippen LogP contribution in [0.1, 0.15) is 22.8 Å². The van der Waals surface area contributed by atoms with Gasteiger partial charge < -0.3 is 10.0 Å². The van der Waals surface area contributed by atoms with E-state index in [0.29, 0.717) is 30.8 Å². The SMILES string of the molecule is C[C@@H]1CN(C(=O)c2ccc3c(c2)CCN3S(C)(=O)=O)C[C@H]1C(=O)O. The molecule has 0 aliphatic carbocycles. The number of fused-ring (bicyclic) bond motifs is 1. The second-order valence-electron chi connectivity index (χ2n) is 6.56. The van der Waals surface area contributed by atoms with Crippen molar-refractivity contribution in [3.63, 3.8) is 0 Å². The molecule has 2 atom stereocenters. The lowest BCUT2D eigenvalue weighted by Gasteiger charge is -2.18. The quantitative estimate of drug-likeness (QED) is 0.868. The molecule has 3 rings (SSSR count). The number of carboxylic acids is 1. The van der Waals surface area contributed by atoms with E-state index in [2.05, 4.69) is 0 Å². The molecule has 0 radical (unpaired) electrons. The van der Waals surface area contributed by atoms with Gasteiger partial charge in [-0.25, -0.2) is 8.42 Å². The number of amides is 1. The lowest BCUT2D eigenvalue weighted by atomic mass is 9.99. The van der Waals surface area contributed by atoms with E-state index in [-0.39, 0.29) is 18.4 Å². The summed E-state index contributed by atoms with van der Waals surface area (Å²) in [7, 11) is -3.32. The summed E-state index contributed by atoms with van der Waals surface area (Å²) >= 11 is 0. The minimum atomic E-state index is -3.32. The molecule has 0 aromatic heterocycles. The number of aliphatic carboxylic acids is 1. The summed E-state index contributed by atoms with van der Waals surface area (Å²) in [6.07, 6.45) is 1.73. The standard InChI is InChI=1S/C16H20N2O5S/c1-10-8-17(9-13(10)16(20)21)15(19)12-3-4-14-11(7-12)5-6-18(14)24(2,22)23/h3-4,7,10,13H,5-6,8-9H2,1-2H3,(H,20,21)/t10-,13-/m1/s1. The van der Waals surface area contributed by atoms with Crippen LogP contribution >= 0.6 is 0 Å². The number of rotatable bonds is 3. The van der Waals surface area contributed by atoms with Crippen LogP contribution in [0, 0.1) is 11.8 Å². The number of likely N-dealkylation sites (tertiary alicyclic amines) is 1. The summed E-state index contributed by atoms with van der Waals surface area (Å²) in [6, 6.07) is 5.00. The highest BCUT2D eigenvalue weighted by Gasteiger charge is 2.37. The van der Waals surface area contributed by atoms with Crippen LogP contribution in [0.4, 0.5) is 5.69 Å². The predicted octanol–water partition coefficient (Wildman–Crippen LogP) is 0.801. The van der Waals surface area contributed by atoms with Gasteiger partial charge in [-0.3, -0.25) is 13.9 Å². The zero-order chi connectivity index (χ0) is 17.6. The van der Waals surface area contributed by atoms with Gasteiger partial charge in [0.1, 0.15) is 0 Å². The van der Waals surface area contributed by atoms with E-state index >= 15 is 0 Å². The topological polar surface area (TPSA) is 95.0 Å². The van der Waals surface area contributed by atoms with Crippen molar-refractivity contribution in [2.45, 2.75) is 13.3 Å². The highest BCUT2D eigenvalue weighted by atomic mass is 32.2. The average molecular weight is 352 g/mol. The fourth-order valence-corrected chi connectivity index (χ4v) is 4.44. The van der Waals surface area contributed by atoms with E-state index in [0.717, 1.165) is 5.56 Å². The number of anilines is 1. The maximum atomic E-state index is 12.6. The molecule has 0 spiro atoms. The summed E-state index contributed by atoms with van der Waals surface area (Å²) in [5.41, 5.74) is 1.92. The minimum absolute atomic E-state index is 0.0818. The van der Waals surface area contributed by atoms with Crippen molar-refractivity contribution >= 4 is 27.6 Å².